The Kier molecular flexibility index (Phi) is 7.46. The molecule has 0 aromatic heterocycles. The van der Waals surface area contributed by atoms with Gasteiger partial charge in [0.15, 0.2) is 23.0 Å². The molecular formula is C40H45NO7. The maximum Gasteiger partial charge on any atom is 0.303 e. The summed E-state index contributed by atoms with van der Waals surface area (Å²) in [6, 6.07) is 12.7. The van der Waals surface area contributed by atoms with Crippen LogP contribution < -0.4 is 24.3 Å². The Morgan fingerprint density at radius 1 is 0.688 bits per heavy atom. The third-order valence-corrected chi connectivity index (χ3v) is 13.3. The van der Waals surface area contributed by atoms with Crippen LogP contribution in [0.15, 0.2) is 60.7 Å². The number of hydrogen-bond acceptors (Lipinski definition) is 6. The van der Waals surface area contributed by atoms with E-state index in [4.69, 9.17) is 18.9 Å². The van der Waals surface area contributed by atoms with E-state index in [1.54, 1.807) is 0 Å². The molecule has 48 heavy (non-hydrogen) atoms. The summed E-state index contributed by atoms with van der Waals surface area (Å²) >= 11 is 0. The highest BCUT2D eigenvalue weighted by Crippen LogP contribution is 2.71. The van der Waals surface area contributed by atoms with Crippen LogP contribution in [0.2, 0.25) is 0 Å². The summed E-state index contributed by atoms with van der Waals surface area (Å²) in [6.07, 6.45) is 14.5. The lowest BCUT2D eigenvalue weighted by Crippen LogP contribution is -2.67. The number of carboxylic acid groups (broad SMARTS) is 1. The van der Waals surface area contributed by atoms with Crippen LogP contribution in [0.25, 0.3) is 0 Å². The molecule has 2 N–H and O–H groups in total. The molecule has 12 atom stereocenters. The predicted molar refractivity (Wildman–Crippen MR) is 177 cm³/mol. The second kappa shape index (κ2) is 11.9. The minimum Gasteiger partial charge on any atom is -0.481 e. The smallest absolute Gasteiger partial charge is 0.303 e. The quantitative estimate of drug-likeness (QED) is 0.276. The largest absolute Gasteiger partial charge is 0.481 e. The van der Waals surface area contributed by atoms with E-state index in [1.807, 2.05) is 19.1 Å². The molecule has 3 fully saturated rings. The number of carbonyl (C=O) groups excluding carboxylic acids is 1. The average molecular weight is 652 g/mol. The van der Waals surface area contributed by atoms with E-state index in [2.05, 4.69) is 53.9 Å². The zero-order chi connectivity index (χ0) is 32.5. The monoisotopic (exact) mass is 651 g/mol. The number of ether oxygens (including phenoxy) is 4. The number of carbonyl (C=O) groups is 2. The first kappa shape index (κ1) is 30.1. The van der Waals surface area contributed by atoms with Crippen LogP contribution in [0.1, 0.15) is 43.7 Å². The molecule has 252 valence electrons. The highest BCUT2D eigenvalue weighted by molar-refractivity contribution is 5.76. The number of hydrogen-bond donors (Lipinski definition) is 2. The van der Waals surface area contributed by atoms with Crippen molar-refractivity contribution in [3.05, 3.63) is 71.8 Å². The highest BCUT2D eigenvalue weighted by Gasteiger charge is 2.67. The highest BCUT2D eigenvalue weighted by atomic mass is 16.7. The Balaban J connectivity index is 1.00. The third-order valence-electron chi connectivity index (χ3n) is 13.3. The summed E-state index contributed by atoms with van der Waals surface area (Å²) in [5, 5.41) is 12.6. The maximum atomic E-state index is 13.2. The minimum atomic E-state index is -0.709. The molecule has 10 rings (SSSR count). The molecular weight excluding hydrogens is 606 g/mol. The van der Waals surface area contributed by atoms with Crippen LogP contribution in [0.3, 0.4) is 0 Å². The zero-order valence-corrected chi connectivity index (χ0v) is 27.5. The van der Waals surface area contributed by atoms with E-state index in [0.717, 1.165) is 48.7 Å². The van der Waals surface area contributed by atoms with E-state index in [9.17, 15) is 14.7 Å². The van der Waals surface area contributed by atoms with Crippen molar-refractivity contribution in [1.29, 1.82) is 0 Å². The summed E-state index contributed by atoms with van der Waals surface area (Å²) in [5.41, 5.74) is 2.52. The average Bonchev–Trinajstić information content (AvgIpc) is 3.75. The van der Waals surface area contributed by atoms with Gasteiger partial charge in [-0.25, -0.2) is 0 Å². The van der Waals surface area contributed by atoms with Crippen molar-refractivity contribution >= 4 is 11.9 Å². The number of amides is 1. The zero-order valence-electron chi connectivity index (χ0n) is 27.5. The number of benzene rings is 2. The molecule has 2 aliphatic heterocycles. The number of rotatable bonds is 11. The van der Waals surface area contributed by atoms with E-state index >= 15 is 0 Å². The van der Waals surface area contributed by atoms with Gasteiger partial charge in [-0.05, 0) is 139 Å². The van der Waals surface area contributed by atoms with Crippen LogP contribution in [0, 0.1) is 71.0 Å². The van der Waals surface area contributed by atoms with Gasteiger partial charge in [-0.1, -0.05) is 36.4 Å². The van der Waals surface area contributed by atoms with E-state index in [0.29, 0.717) is 84.0 Å². The van der Waals surface area contributed by atoms with Gasteiger partial charge < -0.3 is 29.4 Å². The predicted octanol–water partition coefficient (Wildman–Crippen LogP) is 6.29. The fourth-order valence-electron chi connectivity index (χ4n) is 11.6. The van der Waals surface area contributed by atoms with Crippen LogP contribution in [0.5, 0.6) is 23.0 Å². The second-order valence-electron chi connectivity index (χ2n) is 15.3. The molecule has 2 heterocycles. The summed E-state index contributed by atoms with van der Waals surface area (Å²) in [4.78, 5) is 24.7. The summed E-state index contributed by atoms with van der Waals surface area (Å²) in [7, 11) is 0. The number of aliphatic carboxylic acids is 1. The van der Waals surface area contributed by atoms with Crippen molar-refractivity contribution in [3.63, 3.8) is 0 Å². The Bertz CT molecular complexity index is 1670. The van der Waals surface area contributed by atoms with Gasteiger partial charge in [0.1, 0.15) is 0 Å². The molecule has 2 aromatic rings. The van der Waals surface area contributed by atoms with Gasteiger partial charge in [-0.2, -0.15) is 0 Å². The van der Waals surface area contributed by atoms with Gasteiger partial charge in [-0.15, -0.1) is 0 Å². The SMILES string of the molecule is CCNC(=O)C[C@@H]1[C@@H](Cc2ccc3c(c2)OCO3)[C@H]2C=C[C@@H]3[C@@H]4C=C[C@H]([C@@H]3[C@H]21)[C@H]1[C@H](CCCC(=O)O)[C@@H](Cc2ccc3c(c2)OCO3)[C@@H]41. The molecule has 3 saturated carbocycles. The summed E-state index contributed by atoms with van der Waals surface area (Å²) < 4.78 is 22.6. The molecule has 0 spiro atoms. The number of carboxylic acids is 1. The van der Waals surface area contributed by atoms with Gasteiger partial charge in [0.25, 0.3) is 0 Å². The number of allylic oxidation sites excluding steroid dienone is 4. The van der Waals surface area contributed by atoms with Crippen LogP contribution in [0.4, 0.5) is 0 Å². The van der Waals surface area contributed by atoms with Crippen molar-refractivity contribution in [2.45, 2.75) is 45.4 Å². The van der Waals surface area contributed by atoms with Crippen LogP contribution in [-0.2, 0) is 22.4 Å². The molecule has 6 aliphatic carbocycles. The lowest BCUT2D eigenvalue weighted by molar-refractivity contribution is -0.191. The summed E-state index contributed by atoms with van der Waals surface area (Å²) in [5.74, 6) is 8.51. The minimum absolute atomic E-state index is 0.163. The van der Waals surface area contributed by atoms with Gasteiger partial charge in [0.2, 0.25) is 19.5 Å². The molecule has 0 saturated heterocycles. The first-order chi connectivity index (χ1) is 23.5. The standard InChI is InChI=1S/C40H45NO7/c1-2-41-35(42)18-30-28(14-21-6-12-31-33(16-21)47-19-45-31)26-9-8-24-25-10-11-27(38(24)40(26)30)37-23(4-3-5-36(43)44)29(39(25)37)15-22-7-13-32-34(17-22)48-20-46-32/h6-13,16-17,23-30,37-40H,2-5,14-15,18-20H2,1H3,(H,41,42)(H,43,44)/t23-,24-,25+,26-,27+,28+,29-,30-,37-,38-,39-,40-/m1/s1. The van der Waals surface area contributed by atoms with Crippen molar-refractivity contribution in [1.82, 2.24) is 5.32 Å². The number of nitrogens with one attached hydrogen (secondary N) is 1. The Labute approximate surface area is 281 Å². The molecule has 2 bridgehead atoms. The first-order valence-corrected chi connectivity index (χ1v) is 18.1. The molecule has 0 radical (unpaired) electrons. The Morgan fingerprint density at radius 2 is 1.25 bits per heavy atom. The lowest BCUT2D eigenvalue weighted by atomic mass is 9.33. The van der Waals surface area contributed by atoms with Gasteiger partial charge in [0.05, 0.1) is 0 Å². The van der Waals surface area contributed by atoms with Crippen molar-refractivity contribution in [3.8, 4) is 23.0 Å². The number of fused-ring (bicyclic) bond motifs is 3. The fraction of sp³-hybridized carbons (Fsp3) is 0.550. The molecule has 8 aliphatic rings. The van der Waals surface area contributed by atoms with Gasteiger partial charge in [-0.3, -0.25) is 9.59 Å². The third kappa shape index (κ3) is 4.84. The topological polar surface area (TPSA) is 103 Å². The lowest BCUT2D eigenvalue weighted by Gasteiger charge is -2.71. The summed E-state index contributed by atoms with van der Waals surface area (Å²) in [6.45, 7) is 3.19. The molecule has 0 unspecified atom stereocenters. The van der Waals surface area contributed by atoms with Crippen molar-refractivity contribution in [2.24, 2.45) is 71.0 Å². The molecule has 1 amide bonds. The molecule has 8 nitrogen and oxygen atoms in total. The van der Waals surface area contributed by atoms with Gasteiger partial charge >= 0.3 is 5.97 Å². The van der Waals surface area contributed by atoms with Crippen molar-refractivity contribution < 1.29 is 33.6 Å². The maximum absolute atomic E-state index is 13.2. The van der Waals surface area contributed by atoms with E-state index in [-0.39, 0.29) is 25.9 Å². The van der Waals surface area contributed by atoms with Crippen LogP contribution in [-0.4, -0.2) is 37.1 Å². The van der Waals surface area contributed by atoms with E-state index < -0.39 is 5.97 Å². The van der Waals surface area contributed by atoms with E-state index in [1.165, 1.54) is 11.1 Å². The Hall–Kier alpha value is -3.94. The molecule has 2 aromatic carbocycles. The van der Waals surface area contributed by atoms with Crippen molar-refractivity contribution in [2.75, 3.05) is 20.1 Å². The second-order valence-corrected chi connectivity index (χ2v) is 15.3. The first-order valence-electron chi connectivity index (χ1n) is 18.1. The Morgan fingerprint density at radius 3 is 1.92 bits per heavy atom. The fourth-order valence-corrected chi connectivity index (χ4v) is 11.6. The van der Waals surface area contributed by atoms with Crippen LogP contribution >= 0.6 is 0 Å². The van der Waals surface area contributed by atoms with Gasteiger partial charge in [0, 0.05) is 19.4 Å². The molecule has 8 heteroatoms. The normalized spacial score (nSPS) is 36.8.